The Morgan fingerprint density at radius 1 is 1.14 bits per heavy atom. The summed E-state index contributed by atoms with van der Waals surface area (Å²) >= 11 is 0. The van der Waals surface area contributed by atoms with Crippen LogP contribution >= 0.6 is 0 Å². The molecule has 1 atom stereocenters. The molecule has 0 spiro atoms. The van der Waals surface area contributed by atoms with Gasteiger partial charge < -0.3 is 20.7 Å². The molecule has 0 radical (unpaired) electrons. The van der Waals surface area contributed by atoms with E-state index < -0.39 is 38.9 Å². The SMILES string of the molecule is COC(=O)Nc1ccc(S(=O)(=O)C2CC2)c([C@H]2CCCN2C(=O)CNc2cc(C(N)=O)ccc2F)c1. The number of anilines is 2. The van der Waals surface area contributed by atoms with Crippen LogP contribution in [0.1, 0.15) is 47.6 Å². The van der Waals surface area contributed by atoms with Crippen LogP contribution in [0.2, 0.25) is 0 Å². The summed E-state index contributed by atoms with van der Waals surface area (Å²) in [7, 11) is -2.38. The molecule has 1 aliphatic heterocycles. The van der Waals surface area contributed by atoms with Crippen LogP contribution in [0.3, 0.4) is 0 Å². The lowest BCUT2D eigenvalue weighted by atomic mass is 10.0. The molecule has 4 N–H and O–H groups in total. The van der Waals surface area contributed by atoms with Crippen molar-refractivity contribution in [2.24, 2.45) is 5.73 Å². The average Bonchev–Trinajstić information content (AvgIpc) is 3.60. The normalized spacial score (nSPS) is 17.5. The average molecular weight is 519 g/mol. The molecule has 36 heavy (non-hydrogen) atoms. The van der Waals surface area contributed by atoms with E-state index in [1.54, 1.807) is 11.0 Å². The van der Waals surface area contributed by atoms with Crippen LogP contribution in [0.15, 0.2) is 41.3 Å². The van der Waals surface area contributed by atoms with E-state index in [2.05, 4.69) is 15.4 Å². The number of methoxy groups -OCH3 is 1. The van der Waals surface area contributed by atoms with Gasteiger partial charge in [0, 0.05) is 17.8 Å². The van der Waals surface area contributed by atoms with Crippen LogP contribution in [-0.2, 0) is 19.4 Å². The van der Waals surface area contributed by atoms with E-state index in [1.165, 1.54) is 31.4 Å². The van der Waals surface area contributed by atoms with E-state index in [-0.39, 0.29) is 28.6 Å². The highest BCUT2D eigenvalue weighted by atomic mass is 32.2. The first-order chi connectivity index (χ1) is 17.1. The highest BCUT2D eigenvalue weighted by molar-refractivity contribution is 7.92. The van der Waals surface area contributed by atoms with Crippen molar-refractivity contribution in [1.82, 2.24) is 4.90 Å². The predicted octanol–water partition coefficient (Wildman–Crippen LogP) is 2.81. The number of primary amides is 1. The third kappa shape index (κ3) is 5.27. The van der Waals surface area contributed by atoms with Crippen molar-refractivity contribution in [2.45, 2.75) is 41.9 Å². The molecule has 2 fully saturated rings. The third-order valence-electron chi connectivity index (χ3n) is 6.32. The molecular formula is C24H27FN4O6S. The van der Waals surface area contributed by atoms with Gasteiger partial charge in [0.2, 0.25) is 11.8 Å². The molecular weight excluding hydrogens is 491 g/mol. The van der Waals surface area contributed by atoms with Gasteiger partial charge in [-0.1, -0.05) is 0 Å². The highest BCUT2D eigenvalue weighted by Crippen LogP contribution is 2.41. The first-order valence-electron chi connectivity index (χ1n) is 11.5. The molecule has 192 valence electrons. The van der Waals surface area contributed by atoms with Gasteiger partial charge in [0.05, 0.1) is 35.5 Å². The minimum atomic E-state index is -3.60. The Labute approximate surface area is 207 Å². The molecule has 0 aromatic heterocycles. The Hall–Kier alpha value is -3.67. The number of halogens is 1. The van der Waals surface area contributed by atoms with Gasteiger partial charge in [-0.25, -0.2) is 17.6 Å². The fourth-order valence-corrected chi connectivity index (χ4v) is 6.24. The summed E-state index contributed by atoms with van der Waals surface area (Å²) in [4.78, 5) is 38.0. The van der Waals surface area contributed by atoms with Gasteiger partial charge >= 0.3 is 6.09 Å². The first-order valence-corrected chi connectivity index (χ1v) is 13.0. The zero-order valence-corrected chi connectivity index (χ0v) is 20.4. The van der Waals surface area contributed by atoms with E-state index in [9.17, 15) is 27.2 Å². The lowest BCUT2D eigenvalue weighted by molar-refractivity contribution is -0.130. The number of hydrogen-bond acceptors (Lipinski definition) is 7. The number of rotatable bonds is 8. The number of benzene rings is 2. The maximum absolute atomic E-state index is 14.2. The van der Waals surface area contributed by atoms with Crippen LogP contribution in [0.4, 0.5) is 20.6 Å². The number of carbonyl (C=O) groups is 3. The van der Waals surface area contributed by atoms with Gasteiger partial charge in [-0.2, -0.15) is 0 Å². The molecule has 1 saturated heterocycles. The molecule has 1 saturated carbocycles. The molecule has 10 nitrogen and oxygen atoms in total. The van der Waals surface area contributed by atoms with Gasteiger partial charge in [-0.05, 0) is 67.6 Å². The number of nitrogens with zero attached hydrogens (tertiary/aromatic N) is 1. The smallest absolute Gasteiger partial charge is 0.411 e. The van der Waals surface area contributed by atoms with Crippen molar-refractivity contribution in [3.05, 3.63) is 53.3 Å². The molecule has 2 aliphatic rings. The molecule has 4 rings (SSSR count). The van der Waals surface area contributed by atoms with E-state index in [4.69, 9.17) is 5.73 Å². The second-order valence-corrected chi connectivity index (χ2v) is 11.0. The Morgan fingerprint density at radius 3 is 2.56 bits per heavy atom. The number of carbonyl (C=O) groups excluding carboxylic acids is 3. The van der Waals surface area contributed by atoms with Gasteiger partial charge in [0.15, 0.2) is 9.84 Å². The first kappa shape index (κ1) is 25.4. The van der Waals surface area contributed by atoms with Crippen molar-refractivity contribution in [3.63, 3.8) is 0 Å². The Bertz CT molecular complexity index is 1310. The Morgan fingerprint density at radius 2 is 1.89 bits per heavy atom. The summed E-state index contributed by atoms with van der Waals surface area (Å²) in [5.41, 5.74) is 6.06. The number of amides is 3. The second-order valence-electron chi connectivity index (χ2n) is 8.77. The summed E-state index contributed by atoms with van der Waals surface area (Å²) in [5, 5.41) is 4.79. The predicted molar refractivity (Wildman–Crippen MR) is 130 cm³/mol. The molecule has 0 bridgehead atoms. The van der Waals surface area contributed by atoms with Crippen LogP contribution in [-0.4, -0.2) is 56.7 Å². The maximum Gasteiger partial charge on any atom is 0.411 e. The quantitative estimate of drug-likeness (QED) is 0.487. The van der Waals surface area contributed by atoms with Crippen molar-refractivity contribution in [1.29, 1.82) is 0 Å². The fraction of sp³-hybridized carbons (Fsp3) is 0.375. The number of likely N-dealkylation sites (tertiary alicyclic amines) is 1. The summed E-state index contributed by atoms with van der Waals surface area (Å²) in [6, 6.07) is 7.52. The minimum absolute atomic E-state index is 0.0447. The summed E-state index contributed by atoms with van der Waals surface area (Å²) in [6.45, 7) is 0.104. The minimum Gasteiger partial charge on any atom is -0.453 e. The van der Waals surface area contributed by atoms with Crippen LogP contribution in [0, 0.1) is 5.82 Å². The number of hydrogen-bond donors (Lipinski definition) is 3. The van der Waals surface area contributed by atoms with Crippen molar-refractivity contribution >= 4 is 39.1 Å². The van der Waals surface area contributed by atoms with Gasteiger partial charge in [0.25, 0.3) is 0 Å². The van der Waals surface area contributed by atoms with Crippen molar-refractivity contribution in [2.75, 3.05) is 30.8 Å². The standard InChI is InChI=1S/C24H27FN4O6S/c1-35-24(32)28-15-5-9-21(36(33,34)16-6-7-16)17(12-15)20-3-2-10-29(20)22(30)13-27-19-11-14(23(26)31)4-8-18(19)25/h4-5,8-9,11-12,16,20,27H,2-3,6-7,10,13H2,1H3,(H2,26,31)(H,28,32)/t20-/m1/s1. The molecule has 1 aliphatic carbocycles. The molecule has 12 heteroatoms. The van der Waals surface area contributed by atoms with E-state index in [0.717, 1.165) is 6.07 Å². The Kier molecular flexibility index (Phi) is 7.16. The maximum atomic E-state index is 14.2. The van der Waals surface area contributed by atoms with E-state index in [1.807, 2.05) is 0 Å². The largest absolute Gasteiger partial charge is 0.453 e. The van der Waals surface area contributed by atoms with Gasteiger partial charge in [-0.3, -0.25) is 14.9 Å². The molecule has 1 heterocycles. The lowest BCUT2D eigenvalue weighted by Gasteiger charge is -2.27. The lowest BCUT2D eigenvalue weighted by Crippen LogP contribution is -2.36. The Balaban J connectivity index is 1.60. The molecule has 0 unspecified atom stereocenters. The van der Waals surface area contributed by atoms with Gasteiger partial charge in [0.1, 0.15) is 5.82 Å². The number of sulfone groups is 1. The molecule has 2 aromatic carbocycles. The van der Waals surface area contributed by atoms with Crippen LogP contribution in [0.5, 0.6) is 0 Å². The third-order valence-corrected chi connectivity index (χ3v) is 8.66. The zero-order chi connectivity index (χ0) is 26.0. The zero-order valence-electron chi connectivity index (χ0n) is 19.6. The monoisotopic (exact) mass is 518 g/mol. The fourth-order valence-electron chi connectivity index (χ4n) is 4.35. The van der Waals surface area contributed by atoms with E-state index in [0.29, 0.717) is 43.5 Å². The number of nitrogens with two attached hydrogens (primary N) is 1. The summed E-state index contributed by atoms with van der Waals surface area (Å²) in [6.07, 6.45) is 1.61. The second kappa shape index (κ2) is 10.1. The number of ether oxygens (including phenoxy) is 1. The van der Waals surface area contributed by atoms with Crippen molar-refractivity contribution in [3.8, 4) is 0 Å². The molecule has 3 amide bonds. The van der Waals surface area contributed by atoms with Gasteiger partial charge in [-0.15, -0.1) is 0 Å². The van der Waals surface area contributed by atoms with Crippen LogP contribution in [0.25, 0.3) is 0 Å². The van der Waals surface area contributed by atoms with E-state index >= 15 is 0 Å². The highest BCUT2D eigenvalue weighted by Gasteiger charge is 2.41. The topological polar surface area (TPSA) is 148 Å². The van der Waals surface area contributed by atoms with Crippen molar-refractivity contribution < 1.29 is 31.9 Å². The summed E-state index contributed by atoms with van der Waals surface area (Å²) < 4.78 is 45.2. The summed E-state index contributed by atoms with van der Waals surface area (Å²) in [5.74, 6) is -1.75. The van der Waals surface area contributed by atoms with Crippen LogP contribution < -0.4 is 16.4 Å². The molecule has 2 aromatic rings. The number of nitrogens with one attached hydrogen (secondary N) is 2.